The van der Waals surface area contributed by atoms with Crippen molar-refractivity contribution in [2.24, 2.45) is 0 Å². The lowest BCUT2D eigenvalue weighted by Crippen LogP contribution is -2.33. The van der Waals surface area contributed by atoms with Crippen molar-refractivity contribution < 1.29 is 8.42 Å². The SMILES string of the molecule is CNS(=O)(=O)c1ccc(N2[C@H](C)CC[C@@H]2C)c(N)c1. The molecule has 2 atom stereocenters. The maximum atomic E-state index is 11.7. The van der Waals surface area contributed by atoms with Crippen LogP contribution in [0.15, 0.2) is 23.1 Å². The standard InChI is InChI=1S/C13H21N3O2S/c1-9-4-5-10(2)16(9)13-7-6-11(8-12(13)14)19(17,18)15-3/h6-10,15H,4-5,14H2,1-3H3/t9-,10+. The van der Waals surface area contributed by atoms with E-state index < -0.39 is 10.0 Å². The number of nitrogens with zero attached hydrogens (tertiary/aromatic N) is 1. The maximum Gasteiger partial charge on any atom is 0.240 e. The fraction of sp³-hybridized carbons (Fsp3) is 0.538. The normalized spacial score (nSPS) is 23.8. The highest BCUT2D eigenvalue weighted by Crippen LogP contribution is 2.35. The van der Waals surface area contributed by atoms with Gasteiger partial charge in [-0.25, -0.2) is 13.1 Å². The summed E-state index contributed by atoms with van der Waals surface area (Å²) in [6, 6.07) is 5.81. The molecular weight excluding hydrogens is 262 g/mol. The van der Waals surface area contributed by atoms with Crippen molar-refractivity contribution in [2.75, 3.05) is 17.7 Å². The summed E-state index contributed by atoms with van der Waals surface area (Å²) in [6.45, 7) is 4.34. The molecule has 5 nitrogen and oxygen atoms in total. The van der Waals surface area contributed by atoms with Crippen LogP contribution in [0.5, 0.6) is 0 Å². The van der Waals surface area contributed by atoms with E-state index in [1.54, 1.807) is 12.1 Å². The zero-order chi connectivity index (χ0) is 14.2. The van der Waals surface area contributed by atoms with Gasteiger partial charge in [0.15, 0.2) is 0 Å². The van der Waals surface area contributed by atoms with Gasteiger partial charge in [0.25, 0.3) is 0 Å². The summed E-state index contributed by atoms with van der Waals surface area (Å²) in [5.74, 6) is 0. The zero-order valence-electron chi connectivity index (χ0n) is 11.6. The van der Waals surface area contributed by atoms with E-state index in [9.17, 15) is 8.42 Å². The third-order valence-electron chi connectivity index (χ3n) is 3.81. The molecule has 0 spiro atoms. The quantitative estimate of drug-likeness (QED) is 0.825. The Labute approximate surface area is 114 Å². The van der Waals surface area contributed by atoms with Crippen molar-refractivity contribution in [3.8, 4) is 0 Å². The molecule has 1 fully saturated rings. The fourth-order valence-corrected chi connectivity index (χ4v) is 3.49. The van der Waals surface area contributed by atoms with Gasteiger partial charge in [0.2, 0.25) is 10.0 Å². The second kappa shape index (κ2) is 5.02. The van der Waals surface area contributed by atoms with Gasteiger partial charge >= 0.3 is 0 Å². The number of anilines is 2. The van der Waals surface area contributed by atoms with E-state index >= 15 is 0 Å². The molecular formula is C13H21N3O2S. The summed E-state index contributed by atoms with van der Waals surface area (Å²) in [6.07, 6.45) is 2.27. The molecule has 0 radical (unpaired) electrons. The average molecular weight is 283 g/mol. The van der Waals surface area contributed by atoms with Crippen LogP contribution in [0.1, 0.15) is 26.7 Å². The van der Waals surface area contributed by atoms with Crippen molar-refractivity contribution in [3.63, 3.8) is 0 Å². The van der Waals surface area contributed by atoms with Crippen LogP contribution < -0.4 is 15.4 Å². The maximum absolute atomic E-state index is 11.7. The largest absolute Gasteiger partial charge is 0.397 e. The molecule has 1 aromatic carbocycles. The van der Waals surface area contributed by atoms with Gasteiger partial charge in [-0.3, -0.25) is 0 Å². The Morgan fingerprint density at radius 1 is 1.26 bits per heavy atom. The minimum Gasteiger partial charge on any atom is -0.397 e. The van der Waals surface area contributed by atoms with E-state index in [0.717, 1.165) is 18.5 Å². The van der Waals surface area contributed by atoms with Gasteiger partial charge in [-0.2, -0.15) is 0 Å². The monoisotopic (exact) mass is 283 g/mol. The van der Waals surface area contributed by atoms with E-state index in [0.29, 0.717) is 17.8 Å². The van der Waals surface area contributed by atoms with Crippen molar-refractivity contribution in [3.05, 3.63) is 18.2 Å². The van der Waals surface area contributed by atoms with Crippen molar-refractivity contribution in [2.45, 2.75) is 43.7 Å². The van der Waals surface area contributed by atoms with Crippen molar-refractivity contribution >= 4 is 21.4 Å². The van der Waals surface area contributed by atoms with Gasteiger partial charge in [-0.15, -0.1) is 0 Å². The Morgan fingerprint density at radius 3 is 2.32 bits per heavy atom. The summed E-state index contributed by atoms with van der Waals surface area (Å²) in [7, 11) is -2.04. The van der Waals surface area contributed by atoms with E-state index in [2.05, 4.69) is 23.5 Å². The first kappa shape index (κ1) is 14.1. The predicted molar refractivity (Wildman–Crippen MR) is 77.7 cm³/mol. The molecule has 0 amide bonds. The molecule has 0 unspecified atom stereocenters. The summed E-state index contributed by atoms with van der Waals surface area (Å²) >= 11 is 0. The Balaban J connectivity index is 2.40. The van der Waals surface area contributed by atoms with Crippen molar-refractivity contribution in [1.29, 1.82) is 0 Å². The Bertz CT molecular complexity index is 561. The average Bonchev–Trinajstić information content (AvgIpc) is 2.69. The van der Waals surface area contributed by atoms with Gasteiger partial charge in [-0.05, 0) is 51.9 Å². The van der Waals surface area contributed by atoms with Gasteiger partial charge in [0.05, 0.1) is 16.3 Å². The molecule has 2 rings (SSSR count). The second-order valence-electron chi connectivity index (χ2n) is 5.11. The molecule has 3 N–H and O–H groups in total. The number of sulfonamides is 1. The third-order valence-corrected chi connectivity index (χ3v) is 5.22. The molecule has 1 saturated heterocycles. The molecule has 1 heterocycles. The van der Waals surface area contributed by atoms with Crippen LogP contribution in [0.25, 0.3) is 0 Å². The van der Waals surface area contributed by atoms with Gasteiger partial charge in [-0.1, -0.05) is 0 Å². The van der Waals surface area contributed by atoms with Crippen LogP contribution in [-0.2, 0) is 10.0 Å². The lowest BCUT2D eigenvalue weighted by molar-refractivity contribution is 0.588. The Kier molecular flexibility index (Phi) is 3.73. The molecule has 0 bridgehead atoms. The molecule has 1 aliphatic heterocycles. The molecule has 1 aromatic rings. The number of nitrogens with two attached hydrogens (primary N) is 1. The molecule has 0 saturated carbocycles. The topological polar surface area (TPSA) is 75.4 Å². The summed E-state index contributed by atoms with van der Waals surface area (Å²) in [4.78, 5) is 2.47. The Hall–Kier alpha value is -1.27. The Morgan fingerprint density at radius 2 is 1.84 bits per heavy atom. The van der Waals surface area contributed by atoms with Crippen LogP contribution in [0, 0.1) is 0 Å². The fourth-order valence-electron chi connectivity index (χ4n) is 2.72. The first-order valence-electron chi connectivity index (χ1n) is 6.48. The zero-order valence-corrected chi connectivity index (χ0v) is 12.4. The minimum atomic E-state index is -3.44. The van der Waals surface area contributed by atoms with Crippen LogP contribution >= 0.6 is 0 Å². The van der Waals surface area contributed by atoms with Crippen LogP contribution in [0.4, 0.5) is 11.4 Å². The second-order valence-corrected chi connectivity index (χ2v) is 7.00. The molecule has 0 aliphatic carbocycles. The van der Waals surface area contributed by atoms with Crippen molar-refractivity contribution in [1.82, 2.24) is 4.72 Å². The third kappa shape index (κ3) is 2.55. The van der Waals surface area contributed by atoms with E-state index in [1.807, 2.05) is 0 Å². The number of rotatable bonds is 3. The smallest absolute Gasteiger partial charge is 0.240 e. The summed E-state index contributed by atoms with van der Waals surface area (Å²) < 4.78 is 25.8. The lowest BCUT2D eigenvalue weighted by Gasteiger charge is -2.30. The number of hydrogen-bond acceptors (Lipinski definition) is 4. The van der Waals surface area contributed by atoms with Gasteiger partial charge in [0.1, 0.15) is 0 Å². The molecule has 19 heavy (non-hydrogen) atoms. The van der Waals surface area contributed by atoms with Gasteiger partial charge in [0, 0.05) is 12.1 Å². The highest BCUT2D eigenvalue weighted by atomic mass is 32.2. The van der Waals surface area contributed by atoms with E-state index in [1.165, 1.54) is 13.1 Å². The molecule has 1 aliphatic rings. The van der Waals surface area contributed by atoms with Crippen LogP contribution in [-0.4, -0.2) is 27.5 Å². The number of nitrogens with one attached hydrogen (secondary N) is 1. The van der Waals surface area contributed by atoms with E-state index in [-0.39, 0.29) is 4.90 Å². The first-order valence-corrected chi connectivity index (χ1v) is 7.96. The first-order chi connectivity index (χ1) is 8.86. The minimum absolute atomic E-state index is 0.204. The van der Waals surface area contributed by atoms with E-state index in [4.69, 9.17) is 5.73 Å². The highest BCUT2D eigenvalue weighted by molar-refractivity contribution is 7.89. The molecule has 0 aromatic heterocycles. The lowest BCUT2D eigenvalue weighted by atomic mass is 10.2. The van der Waals surface area contributed by atoms with Crippen LogP contribution in [0.2, 0.25) is 0 Å². The molecule has 106 valence electrons. The van der Waals surface area contributed by atoms with Crippen LogP contribution in [0.3, 0.4) is 0 Å². The number of benzene rings is 1. The summed E-state index contributed by atoms with van der Waals surface area (Å²) in [5.41, 5.74) is 7.48. The number of hydrogen-bond donors (Lipinski definition) is 2. The summed E-state index contributed by atoms with van der Waals surface area (Å²) in [5, 5.41) is 0. The van der Waals surface area contributed by atoms with Gasteiger partial charge < -0.3 is 10.6 Å². The number of nitrogen functional groups attached to an aromatic ring is 1. The predicted octanol–water partition coefficient (Wildman–Crippen LogP) is 1.55. The molecule has 6 heteroatoms. The highest BCUT2D eigenvalue weighted by Gasteiger charge is 2.29.